The SMILES string of the molecule is O=C(O)COC1CC(C(=O)NCc2nc3ccccc3[nH]2)N(Cc2ccc(Cl)cc2Cl)C1. The van der Waals surface area contributed by atoms with Gasteiger partial charge >= 0.3 is 5.97 Å². The number of H-pyrrole nitrogens is 1. The molecule has 1 amide bonds. The number of rotatable bonds is 8. The van der Waals surface area contributed by atoms with Crippen molar-refractivity contribution in [1.82, 2.24) is 20.2 Å². The first-order valence-electron chi connectivity index (χ1n) is 10.1. The third kappa shape index (κ3) is 5.39. The third-order valence-electron chi connectivity index (χ3n) is 5.37. The van der Waals surface area contributed by atoms with Crippen LogP contribution in [0.15, 0.2) is 42.5 Å². The van der Waals surface area contributed by atoms with Crippen LogP contribution in [0.2, 0.25) is 10.0 Å². The smallest absolute Gasteiger partial charge is 0.329 e. The summed E-state index contributed by atoms with van der Waals surface area (Å²) in [7, 11) is 0. The molecule has 2 heterocycles. The Morgan fingerprint density at radius 2 is 2.06 bits per heavy atom. The summed E-state index contributed by atoms with van der Waals surface area (Å²) in [5, 5.41) is 12.9. The van der Waals surface area contributed by atoms with Gasteiger partial charge in [0.15, 0.2) is 0 Å². The largest absolute Gasteiger partial charge is 0.480 e. The molecule has 10 heteroatoms. The number of para-hydroxylation sites is 2. The Morgan fingerprint density at radius 1 is 1.25 bits per heavy atom. The summed E-state index contributed by atoms with van der Waals surface area (Å²) in [6.07, 6.45) is 0.00361. The lowest BCUT2D eigenvalue weighted by Gasteiger charge is -2.23. The van der Waals surface area contributed by atoms with Crippen molar-refractivity contribution < 1.29 is 19.4 Å². The van der Waals surface area contributed by atoms with Crippen molar-refractivity contribution >= 4 is 46.1 Å². The fraction of sp³-hybridized carbons (Fsp3) is 0.318. The van der Waals surface area contributed by atoms with E-state index in [0.29, 0.717) is 35.4 Å². The van der Waals surface area contributed by atoms with Gasteiger partial charge in [0, 0.05) is 23.1 Å². The molecule has 1 aliphatic heterocycles. The second-order valence-electron chi connectivity index (χ2n) is 7.66. The lowest BCUT2D eigenvalue weighted by atomic mass is 10.1. The van der Waals surface area contributed by atoms with Crippen LogP contribution in [-0.2, 0) is 27.4 Å². The number of hydrogen-bond acceptors (Lipinski definition) is 5. The van der Waals surface area contributed by atoms with E-state index < -0.39 is 18.6 Å². The molecule has 0 bridgehead atoms. The van der Waals surface area contributed by atoms with Gasteiger partial charge in [-0.2, -0.15) is 0 Å². The van der Waals surface area contributed by atoms with Gasteiger partial charge in [0.2, 0.25) is 5.91 Å². The minimum atomic E-state index is -1.05. The van der Waals surface area contributed by atoms with Gasteiger partial charge in [0.1, 0.15) is 12.4 Å². The molecule has 32 heavy (non-hydrogen) atoms. The first kappa shape index (κ1) is 22.5. The van der Waals surface area contributed by atoms with E-state index in [0.717, 1.165) is 16.6 Å². The van der Waals surface area contributed by atoms with Crippen LogP contribution in [0.4, 0.5) is 0 Å². The monoisotopic (exact) mass is 476 g/mol. The highest BCUT2D eigenvalue weighted by Crippen LogP contribution is 2.27. The Labute approximate surface area is 194 Å². The number of amides is 1. The number of aromatic nitrogens is 2. The quantitative estimate of drug-likeness (QED) is 0.460. The summed E-state index contributed by atoms with van der Waals surface area (Å²) in [4.78, 5) is 33.5. The van der Waals surface area contributed by atoms with Crippen LogP contribution >= 0.6 is 23.2 Å². The molecule has 2 atom stereocenters. The van der Waals surface area contributed by atoms with E-state index in [1.165, 1.54) is 0 Å². The van der Waals surface area contributed by atoms with Crippen molar-refractivity contribution in [2.24, 2.45) is 0 Å². The van der Waals surface area contributed by atoms with E-state index in [1.807, 2.05) is 35.2 Å². The molecule has 2 aromatic carbocycles. The van der Waals surface area contributed by atoms with Crippen LogP contribution in [0.5, 0.6) is 0 Å². The van der Waals surface area contributed by atoms with E-state index >= 15 is 0 Å². The second-order valence-corrected chi connectivity index (χ2v) is 8.51. The van der Waals surface area contributed by atoms with E-state index in [-0.39, 0.29) is 18.6 Å². The molecule has 0 aliphatic carbocycles. The zero-order chi connectivity index (χ0) is 22.7. The number of carbonyl (C=O) groups is 2. The van der Waals surface area contributed by atoms with Gasteiger partial charge in [0.05, 0.1) is 29.7 Å². The lowest BCUT2D eigenvalue weighted by Crippen LogP contribution is -2.42. The molecule has 3 N–H and O–H groups in total. The molecule has 1 fully saturated rings. The third-order valence-corrected chi connectivity index (χ3v) is 5.95. The van der Waals surface area contributed by atoms with Crippen molar-refractivity contribution in [2.75, 3.05) is 13.2 Å². The minimum Gasteiger partial charge on any atom is -0.480 e. The number of imidazole rings is 1. The average molecular weight is 477 g/mol. The van der Waals surface area contributed by atoms with Gasteiger partial charge in [-0.05, 0) is 36.2 Å². The van der Waals surface area contributed by atoms with Gasteiger partial charge in [-0.25, -0.2) is 9.78 Å². The molecule has 168 valence electrons. The number of carbonyl (C=O) groups excluding carboxylic acids is 1. The molecule has 2 unspecified atom stereocenters. The molecule has 0 spiro atoms. The van der Waals surface area contributed by atoms with Gasteiger partial charge in [-0.3, -0.25) is 9.69 Å². The fourth-order valence-corrected chi connectivity index (χ4v) is 4.33. The van der Waals surface area contributed by atoms with Gasteiger partial charge in [0.25, 0.3) is 0 Å². The summed E-state index contributed by atoms with van der Waals surface area (Å²) in [5.74, 6) is -0.574. The summed E-state index contributed by atoms with van der Waals surface area (Å²) < 4.78 is 5.47. The maximum absolute atomic E-state index is 13.0. The molecular formula is C22H22Cl2N4O4. The molecule has 1 saturated heterocycles. The summed E-state index contributed by atoms with van der Waals surface area (Å²) >= 11 is 12.3. The zero-order valence-electron chi connectivity index (χ0n) is 17.1. The predicted octanol–water partition coefficient (Wildman–Crippen LogP) is 3.23. The molecule has 3 aromatic rings. The van der Waals surface area contributed by atoms with Crippen molar-refractivity contribution in [3.63, 3.8) is 0 Å². The summed E-state index contributed by atoms with van der Waals surface area (Å²) in [6, 6.07) is 12.4. The Balaban J connectivity index is 1.45. The second kappa shape index (κ2) is 9.87. The van der Waals surface area contributed by atoms with Crippen molar-refractivity contribution in [3.05, 3.63) is 63.9 Å². The number of benzene rings is 2. The molecule has 0 saturated carbocycles. The van der Waals surface area contributed by atoms with E-state index in [2.05, 4.69) is 15.3 Å². The number of carboxylic acid groups (broad SMARTS) is 1. The maximum atomic E-state index is 13.0. The van der Waals surface area contributed by atoms with Crippen molar-refractivity contribution in [3.8, 4) is 0 Å². The topological polar surface area (TPSA) is 108 Å². The Kier molecular flexibility index (Phi) is 6.95. The van der Waals surface area contributed by atoms with Crippen molar-refractivity contribution in [2.45, 2.75) is 31.7 Å². The number of fused-ring (bicyclic) bond motifs is 1. The number of aromatic amines is 1. The molecule has 0 radical (unpaired) electrons. The van der Waals surface area contributed by atoms with Crippen molar-refractivity contribution in [1.29, 1.82) is 0 Å². The van der Waals surface area contributed by atoms with E-state index in [4.69, 9.17) is 33.0 Å². The highest BCUT2D eigenvalue weighted by molar-refractivity contribution is 6.35. The van der Waals surface area contributed by atoms with Crippen LogP contribution < -0.4 is 5.32 Å². The molecule has 1 aromatic heterocycles. The number of halogens is 2. The number of aliphatic carboxylic acids is 1. The van der Waals surface area contributed by atoms with E-state index in [9.17, 15) is 9.59 Å². The van der Waals surface area contributed by atoms with Gasteiger partial charge < -0.3 is 20.1 Å². The van der Waals surface area contributed by atoms with E-state index in [1.54, 1.807) is 12.1 Å². The van der Waals surface area contributed by atoms with Crippen LogP contribution in [-0.4, -0.2) is 57.1 Å². The van der Waals surface area contributed by atoms with Gasteiger partial charge in [-0.1, -0.05) is 41.4 Å². The summed E-state index contributed by atoms with van der Waals surface area (Å²) in [5.41, 5.74) is 2.56. The summed E-state index contributed by atoms with van der Waals surface area (Å²) in [6.45, 7) is 0.661. The van der Waals surface area contributed by atoms with Crippen LogP contribution in [0.25, 0.3) is 11.0 Å². The Morgan fingerprint density at radius 3 is 2.81 bits per heavy atom. The highest BCUT2D eigenvalue weighted by atomic mass is 35.5. The van der Waals surface area contributed by atoms with Crippen LogP contribution in [0.1, 0.15) is 17.8 Å². The lowest BCUT2D eigenvalue weighted by molar-refractivity contribution is -0.144. The molecule has 8 nitrogen and oxygen atoms in total. The highest BCUT2D eigenvalue weighted by Gasteiger charge is 2.37. The average Bonchev–Trinajstić information content (AvgIpc) is 3.36. The number of ether oxygens (including phenoxy) is 1. The number of nitrogens with zero attached hydrogens (tertiary/aromatic N) is 2. The first-order valence-corrected chi connectivity index (χ1v) is 10.9. The Hall–Kier alpha value is -2.65. The normalized spacial score (nSPS) is 18.8. The van der Waals surface area contributed by atoms with Crippen LogP contribution in [0, 0.1) is 0 Å². The van der Waals surface area contributed by atoms with Gasteiger partial charge in [-0.15, -0.1) is 0 Å². The molecule has 4 rings (SSSR count). The number of carboxylic acids is 1. The fourth-order valence-electron chi connectivity index (χ4n) is 3.87. The number of nitrogens with one attached hydrogen (secondary N) is 2. The Bertz CT molecular complexity index is 1100. The maximum Gasteiger partial charge on any atom is 0.329 e. The molecule has 1 aliphatic rings. The van der Waals surface area contributed by atoms with Crippen LogP contribution in [0.3, 0.4) is 0 Å². The number of likely N-dealkylation sites (tertiary alicyclic amines) is 1. The minimum absolute atomic E-state index is 0.183. The zero-order valence-corrected chi connectivity index (χ0v) is 18.6. The standard InChI is InChI=1S/C22H22Cl2N4O4/c23-14-6-5-13(16(24)7-14)10-28-11-15(32-12-21(29)30)8-19(28)22(31)25-9-20-26-17-3-1-2-4-18(17)27-20/h1-7,15,19H,8-12H2,(H,25,31)(H,26,27)(H,29,30). The predicted molar refractivity (Wildman–Crippen MR) is 121 cm³/mol. The number of hydrogen-bond donors (Lipinski definition) is 3. The molecular weight excluding hydrogens is 455 g/mol. The first-order chi connectivity index (χ1) is 15.4.